The number of amides is 1. The summed E-state index contributed by atoms with van der Waals surface area (Å²) in [6, 6.07) is 12.7. The minimum absolute atomic E-state index is 0.0606. The van der Waals surface area contributed by atoms with E-state index in [0.29, 0.717) is 16.5 Å². The number of anilines is 1. The molecule has 6 nitrogen and oxygen atoms in total. The highest BCUT2D eigenvalue weighted by Crippen LogP contribution is 2.37. The number of carbonyl (C=O) groups is 1. The molecule has 0 spiro atoms. The molecule has 1 N–H and O–H groups in total. The Labute approximate surface area is 170 Å². The standard InChI is InChI=1S/C20H23ClN2O4S/c1-13(2)14(3)22-20(24)19-12-23(17-6-4-5-7-18(17)27-19)28(25,26)16-10-8-15(21)9-11-16/h4-11,13-14,19H,12H2,1-3H3,(H,22,24). The summed E-state index contributed by atoms with van der Waals surface area (Å²) in [4.78, 5) is 12.8. The van der Waals surface area contributed by atoms with Crippen LogP contribution < -0.4 is 14.4 Å². The van der Waals surface area contributed by atoms with Gasteiger partial charge < -0.3 is 10.1 Å². The first-order valence-electron chi connectivity index (χ1n) is 9.04. The van der Waals surface area contributed by atoms with Gasteiger partial charge in [0.05, 0.1) is 17.1 Å². The van der Waals surface area contributed by atoms with Crippen LogP contribution in [0.1, 0.15) is 20.8 Å². The van der Waals surface area contributed by atoms with Crippen LogP contribution in [0.2, 0.25) is 5.02 Å². The van der Waals surface area contributed by atoms with E-state index in [2.05, 4.69) is 5.32 Å². The van der Waals surface area contributed by atoms with Crippen molar-refractivity contribution in [2.45, 2.75) is 37.8 Å². The van der Waals surface area contributed by atoms with Gasteiger partial charge in [-0.2, -0.15) is 0 Å². The van der Waals surface area contributed by atoms with Gasteiger partial charge in [-0.25, -0.2) is 8.42 Å². The van der Waals surface area contributed by atoms with Crippen molar-refractivity contribution in [3.8, 4) is 5.75 Å². The number of carbonyl (C=O) groups excluding carboxylic acids is 1. The molecular formula is C20H23ClN2O4S. The zero-order chi connectivity index (χ0) is 20.5. The van der Waals surface area contributed by atoms with E-state index in [9.17, 15) is 13.2 Å². The summed E-state index contributed by atoms with van der Waals surface area (Å²) in [5.41, 5.74) is 0.401. The third kappa shape index (κ3) is 4.10. The quantitative estimate of drug-likeness (QED) is 0.800. The molecule has 2 aromatic rings. The Morgan fingerprint density at radius 2 is 1.79 bits per heavy atom. The molecule has 0 saturated carbocycles. The van der Waals surface area contributed by atoms with Gasteiger partial charge >= 0.3 is 0 Å². The van der Waals surface area contributed by atoms with Gasteiger partial charge in [0, 0.05) is 11.1 Å². The fraction of sp³-hybridized carbons (Fsp3) is 0.350. The molecule has 1 heterocycles. The van der Waals surface area contributed by atoms with Gasteiger partial charge in [-0.1, -0.05) is 37.6 Å². The molecule has 0 bridgehead atoms. The van der Waals surface area contributed by atoms with Gasteiger partial charge in [-0.05, 0) is 49.2 Å². The number of nitrogens with one attached hydrogen (secondary N) is 1. The van der Waals surface area contributed by atoms with Gasteiger partial charge in [0.1, 0.15) is 5.75 Å². The van der Waals surface area contributed by atoms with Crippen molar-refractivity contribution in [1.82, 2.24) is 5.32 Å². The number of fused-ring (bicyclic) bond motifs is 1. The zero-order valence-corrected chi connectivity index (χ0v) is 17.5. The van der Waals surface area contributed by atoms with Crippen molar-refractivity contribution >= 4 is 33.2 Å². The second kappa shape index (κ2) is 8.01. The second-order valence-electron chi connectivity index (χ2n) is 7.11. The predicted octanol–water partition coefficient (Wildman–Crippen LogP) is 3.46. The predicted molar refractivity (Wildman–Crippen MR) is 109 cm³/mol. The summed E-state index contributed by atoms with van der Waals surface area (Å²) in [6.07, 6.45) is -0.946. The van der Waals surface area contributed by atoms with Crippen LogP contribution in [0.4, 0.5) is 5.69 Å². The molecule has 0 radical (unpaired) electrons. The minimum atomic E-state index is -3.89. The molecule has 0 aliphatic carbocycles. The monoisotopic (exact) mass is 422 g/mol. The Kier molecular flexibility index (Phi) is 5.86. The Morgan fingerprint density at radius 1 is 1.14 bits per heavy atom. The van der Waals surface area contributed by atoms with Gasteiger partial charge in [-0.3, -0.25) is 9.10 Å². The van der Waals surface area contributed by atoms with E-state index in [-0.39, 0.29) is 29.3 Å². The van der Waals surface area contributed by atoms with Gasteiger partial charge in [0.2, 0.25) is 0 Å². The maximum absolute atomic E-state index is 13.3. The fourth-order valence-electron chi connectivity index (χ4n) is 2.78. The first kappa shape index (κ1) is 20.5. The lowest BCUT2D eigenvalue weighted by Gasteiger charge is -2.35. The minimum Gasteiger partial charge on any atom is -0.476 e. The average Bonchev–Trinajstić information content (AvgIpc) is 2.67. The molecule has 2 atom stereocenters. The number of nitrogens with zero attached hydrogens (tertiary/aromatic N) is 1. The molecule has 8 heteroatoms. The van der Waals surface area contributed by atoms with Crippen LogP contribution in [0, 0.1) is 5.92 Å². The van der Waals surface area contributed by atoms with Crippen molar-refractivity contribution in [1.29, 1.82) is 0 Å². The lowest BCUT2D eigenvalue weighted by molar-refractivity contribution is -0.128. The largest absolute Gasteiger partial charge is 0.476 e. The van der Waals surface area contributed by atoms with Crippen LogP contribution in [0.15, 0.2) is 53.4 Å². The first-order valence-corrected chi connectivity index (χ1v) is 10.9. The number of sulfonamides is 1. The summed E-state index contributed by atoms with van der Waals surface area (Å²) in [5.74, 6) is 0.254. The summed E-state index contributed by atoms with van der Waals surface area (Å²) >= 11 is 5.89. The number of ether oxygens (including phenoxy) is 1. The van der Waals surface area contributed by atoms with Gasteiger partial charge in [-0.15, -0.1) is 0 Å². The van der Waals surface area contributed by atoms with E-state index >= 15 is 0 Å². The third-order valence-electron chi connectivity index (χ3n) is 4.80. The second-order valence-corrected chi connectivity index (χ2v) is 9.40. The highest BCUT2D eigenvalue weighted by atomic mass is 35.5. The Balaban J connectivity index is 1.96. The van der Waals surface area contributed by atoms with Crippen LogP contribution in [-0.2, 0) is 14.8 Å². The van der Waals surface area contributed by atoms with Crippen molar-refractivity contribution in [3.05, 3.63) is 53.6 Å². The number of hydrogen-bond donors (Lipinski definition) is 1. The zero-order valence-electron chi connectivity index (χ0n) is 15.9. The molecule has 0 aromatic heterocycles. The molecular weight excluding hydrogens is 400 g/mol. The Morgan fingerprint density at radius 3 is 2.43 bits per heavy atom. The van der Waals surface area contributed by atoms with E-state index in [1.807, 2.05) is 20.8 Å². The number of halogens is 1. The molecule has 1 aliphatic rings. The van der Waals surface area contributed by atoms with Crippen molar-refractivity contribution in [2.75, 3.05) is 10.8 Å². The average molecular weight is 423 g/mol. The van der Waals surface area contributed by atoms with E-state index in [0.717, 1.165) is 0 Å². The maximum atomic E-state index is 13.3. The van der Waals surface area contributed by atoms with Gasteiger partial charge in [0.15, 0.2) is 6.10 Å². The van der Waals surface area contributed by atoms with E-state index in [1.165, 1.54) is 28.6 Å². The third-order valence-corrected chi connectivity index (χ3v) is 6.84. The lowest BCUT2D eigenvalue weighted by Crippen LogP contribution is -2.52. The molecule has 2 aromatic carbocycles. The summed E-state index contributed by atoms with van der Waals surface area (Å²) in [6.45, 7) is 5.79. The highest BCUT2D eigenvalue weighted by molar-refractivity contribution is 7.92. The lowest BCUT2D eigenvalue weighted by atomic mass is 10.1. The number of rotatable bonds is 5. The Bertz CT molecular complexity index is 960. The maximum Gasteiger partial charge on any atom is 0.264 e. The molecule has 150 valence electrons. The summed E-state index contributed by atoms with van der Waals surface area (Å²) in [7, 11) is -3.89. The highest BCUT2D eigenvalue weighted by Gasteiger charge is 2.37. The summed E-state index contributed by atoms with van der Waals surface area (Å²) in [5, 5.41) is 3.34. The van der Waals surface area contributed by atoms with E-state index < -0.39 is 16.1 Å². The molecule has 0 fully saturated rings. The number of hydrogen-bond acceptors (Lipinski definition) is 4. The van der Waals surface area contributed by atoms with Crippen molar-refractivity contribution in [3.63, 3.8) is 0 Å². The van der Waals surface area contributed by atoms with Crippen LogP contribution in [0.3, 0.4) is 0 Å². The number of benzene rings is 2. The number of para-hydroxylation sites is 2. The SMILES string of the molecule is CC(C)C(C)NC(=O)C1CN(S(=O)(=O)c2ccc(Cl)cc2)c2ccccc2O1. The van der Waals surface area contributed by atoms with Gasteiger partial charge in [0.25, 0.3) is 15.9 Å². The topological polar surface area (TPSA) is 75.7 Å². The van der Waals surface area contributed by atoms with E-state index in [1.54, 1.807) is 24.3 Å². The van der Waals surface area contributed by atoms with Crippen LogP contribution in [0.5, 0.6) is 5.75 Å². The normalized spacial score (nSPS) is 17.6. The van der Waals surface area contributed by atoms with E-state index in [4.69, 9.17) is 16.3 Å². The molecule has 1 aliphatic heterocycles. The van der Waals surface area contributed by atoms with Crippen molar-refractivity contribution < 1.29 is 17.9 Å². The smallest absolute Gasteiger partial charge is 0.264 e. The molecule has 3 rings (SSSR count). The van der Waals surface area contributed by atoms with Crippen LogP contribution in [-0.4, -0.2) is 33.0 Å². The van der Waals surface area contributed by atoms with Crippen LogP contribution in [0.25, 0.3) is 0 Å². The summed E-state index contributed by atoms with van der Waals surface area (Å²) < 4.78 is 33.5. The first-order chi connectivity index (χ1) is 13.2. The molecule has 1 amide bonds. The Hall–Kier alpha value is -2.25. The molecule has 0 saturated heterocycles. The fourth-order valence-corrected chi connectivity index (χ4v) is 4.39. The van der Waals surface area contributed by atoms with Crippen LogP contribution >= 0.6 is 11.6 Å². The van der Waals surface area contributed by atoms with Crippen molar-refractivity contribution in [2.24, 2.45) is 5.92 Å². The molecule has 28 heavy (non-hydrogen) atoms. The molecule has 2 unspecified atom stereocenters.